The van der Waals surface area contributed by atoms with Gasteiger partial charge in [-0.05, 0) is 11.8 Å². The summed E-state index contributed by atoms with van der Waals surface area (Å²) >= 11 is 0. The van der Waals surface area contributed by atoms with E-state index in [4.69, 9.17) is 0 Å². The molecule has 0 aromatic heterocycles. The molecule has 0 fully saturated rings. The summed E-state index contributed by atoms with van der Waals surface area (Å²) in [6, 6.07) is 0. The Kier molecular flexibility index (Phi) is 23.3. The monoisotopic (exact) mass is 394 g/mol. The maximum absolute atomic E-state index is 2.40. The molecule has 0 heteroatoms. The van der Waals surface area contributed by atoms with Crippen LogP contribution in [0.1, 0.15) is 169 Å². The predicted molar refractivity (Wildman–Crippen MR) is 131 cm³/mol. The van der Waals surface area contributed by atoms with Gasteiger partial charge >= 0.3 is 0 Å². The first kappa shape index (κ1) is 28.0. The van der Waals surface area contributed by atoms with E-state index in [-0.39, 0.29) is 0 Å². The van der Waals surface area contributed by atoms with Gasteiger partial charge in [-0.3, -0.25) is 0 Å². The quantitative estimate of drug-likeness (QED) is 0.151. The van der Waals surface area contributed by atoms with Crippen LogP contribution in [0.4, 0.5) is 0 Å². The Morgan fingerprint density at radius 3 is 0.857 bits per heavy atom. The van der Waals surface area contributed by atoms with Crippen molar-refractivity contribution in [3.8, 4) is 0 Å². The third kappa shape index (κ3) is 18.1. The summed E-state index contributed by atoms with van der Waals surface area (Å²) in [5.74, 6) is 2.05. The molecule has 2 unspecified atom stereocenters. The zero-order valence-electron chi connectivity index (χ0n) is 20.7. The van der Waals surface area contributed by atoms with Crippen molar-refractivity contribution >= 4 is 0 Å². The van der Waals surface area contributed by atoms with Crippen molar-refractivity contribution in [2.75, 3.05) is 0 Å². The molecule has 0 aromatic rings. The van der Waals surface area contributed by atoms with Crippen LogP contribution in [0, 0.1) is 11.8 Å². The summed E-state index contributed by atoms with van der Waals surface area (Å²) < 4.78 is 0. The van der Waals surface area contributed by atoms with Crippen LogP contribution >= 0.6 is 0 Å². The van der Waals surface area contributed by atoms with Crippen LogP contribution in [-0.4, -0.2) is 0 Å². The van der Waals surface area contributed by atoms with Crippen molar-refractivity contribution < 1.29 is 0 Å². The van der Waals surface area contributed by atoms with Crippen molar-refractivity contribution in [1.29, 1.82) is 0 Å². The highest BCUT2D eigenvalue weighted by molar-refractivity contribution is 4.71. The van der Waals surface area contributed by atoms with Crippen LogP contribution < -0.4 is 0 Å². The number of hydrogen-bond acceptors (Lipinski definition) is 0. The Bertz CT molecular complexity index is 241. The minimum absolute atomic E-state index is 1.02. The Morgan fingerprint density at radius 1 is 0.286 bits per heavy atom. The summed E-state index contributed by atoms with van der Waals surface area (Å²) in [7, 11) is 0. The van der Waals surface area contributed by atoms with E-state index in [9.17, 15) is 0 Å². The van der Waals surface area contributed by atoms with Gasteiger partial charge in [0.1, 0.15) is 0 Å². The van der Waals surface area contributed by atoms with E-state index >= 15 is 0 Å². The molecule has 0 spiro atoms. The second-order valence-electron chi connectivity index (χ2n) is 9.62. The van der Waals surface area contributed by atoms with E-state index in [0.717, 1.165) is 11.8 Å². The minimum Gasteiger partial charge on any atom is -0.0654 e. The molecule has 0 radical (unpaired) electrons. The van der Waals surface area contributed by atoms with Gasteiger partial charge in [0.2, 0.25) is 0 Å². The zero-order valence-corrected chi connectivity index (χ0v) is 20.7. The van der Waals surface area contributed by atoms with Crippen molar-refractivity contribution in [3.63, 3.8) is 0 Å². The summed E-state index contributed by atoms with van der Waals surface area (Å²) in [5.41, 5.74) is 0. The summed E-state index contributed by atoms with van der Waals surface area (Å²) in [4.78, 5) is 0. The Morgan fingerprint density at radius 2 is 0.571 bits per heavy atom. The van der Waals surface area contributed by atoms with Crippen molar-refractivity contribution in [1.82, 2.24) is 0 Å². The van der Waals surface area contributed by atoms with Crippen LogP contribution in [0.5, 0.6) is 0 Å². The molecule has 28 heavy (non-hydrogen) atoms. The fourth-order valence-electron chi connectivity index (χ4n) is 5.05. The van der Waals surface area contributed by atoms with Gasteiger partial charge in [-0.15, -0.1) is 0 Å². The van der Waals surface area contributed by atoms with Gasteiger partial charge in [-0.25, -0.2) is 0 Å². The van der Waals surface area contributed by atoms with Gasteiger partial charge in [-0.2, -0.15) is 0 Å². The van der Waals surface area contributed by atoms with Gasteiger partial charge in [0.25, 0.3) is 0 Å². The van der Waals surface area contributed by atoms with Gasteiger partial charge in [0.15, 0.2) is 0 Å². The molecule has 0 aliphatic carbocycles. The predicted octanol–water partition coefficient (Wildman–Crippen LogP) is 10.9. The molecule has 0 aromatic carbocycles. The molecule has 0 aliphatic rings. The molecule has 2 atom stereocenters. The molecule has 0 nitrogen and oxygen atoms in total. The van der Waals surface area contributed by atoms with E-state index in [1.807, 2.05) is 0 Å². The molecule has 0 saturated heterocycles. The smallest absolute Gasteiger partial charge is 0.0386 e. The van der Waals surface area contributed by atoms with E-state index < -0.39 is 0 Å². The lowest BCUT2D eigenvalue weighted by Gasteiger charge is -2.27. The lowest BCUT2D eigenvalue weighted by Crippen LogP contribution is -2.15. The van der Waals surface area contributed by atoms with Gasteiger partial charge in [0.05, 0.1) is 0 Å². The highest BCUT2D eigenvalue weighted by Crippen LogP contribution is 2.32. The molecule has 0 heterocycles. The maximum atomic E-state index is 2.40. The lowest BCUT2D eigenvalue weighted by molar-refractivity contribution is 0.245. The fraction of sp³-hybridized carbons (Fsp3) is 1.00. The van der Waals surface area contributed by atoms with Crippen LogP contribution in [0.3, 0.4) is 0 Å². The topological polar surface area (TPSA) is 0 Å². The lowest BCUT2D eigenvalue weighted by atomic mass is 9.79. The van der Waals surface area contributed by atoms with Crippen molar-refractivity contribution in [2.45, 2.75) is 169 Å². The maximum Gasteiger partial charge on any atom is -0.0386 e. The Balaban J connectivity index is 3.96. The average Bonchev–Trinajstić information content (AvgIpc) is 2.70. The van der Waals surface area contributed by atoms with Gasteiger partial charge < -0.3 is 0 Å². The second-order valence-corrected chi connectivity index (χ2v) is 9.62. The van der Waals surface area contributed by atoms with E-state index in [0.29, 0.717) is 0 Å². The molecule has 0 amide bonds. The SMILES string of the molecule is CCCCCCCCCCC(CCC)C(CCC)CCCCCCCCCC. The van der Waals surface area contributed by atoms with E-state index in [2.05, 4.69) is 27.7 Å². The van der Waals surface area contributed by atoms with Crippen molar-refractivity contribution in [2.24, 2.45) is 11.8 Å². The summed E-state index contributed by atoms with van der Waals surface area (Å²) in [6.45, 7) is 9.43. The molecule has 0 aliphatic heterocycles. The Hall–Kier alpha value is 0. The van der Waals surface area contributed by atoms with E-state index in [1.165, 1.54) is 141 Å². The number of rotatable bonds is 23. The zero-order chi connectivity index (χ0) is 20.7. The molecular formula is C28H58. The molecule has 0 saturated carbocycles. The molecule has 0 N–H and O–H groups in total. The van der Waals surface area contributed by atoms with Gasteiger partial charge in [0, 0.05) is 0 Å². The minimum atomic E-state index is 1.02. The largest absolute Gasteiger partial charge is 0.0654 e. The third-order valence-corrected chi connectivity index (χ3v) is 6.84. The molecule has 0 bridgehead atoms. The highest BCUT2D eigenvalue weighted by Gasteiger charge is 2.19. The summed E-state index contributed by atoms with van der Waals surface area (Å²) in [6.07, 6.45) is 32.2. The fourth-order valence-corrected chi connectivity index (χ4v) is 5.05. The van der Waals surface area contributed by atoms with Gasteiger partial charge in [-0.1, -0.05) is 169 Å². The van der Waals surface area contributed by atoms with Crippen molar-refractivity contribution in [3.05, 3.63) is 0 Å². The second kappa shape index (κ2) is 23.3. The average molecular weight is 395 g/mol. The number of hydrogen-bond donors (Lipinski definition) is 0. The normalized spacial score (nSPS) is 13.7. The third-order valence-electron chi connectivity index (χ3n) is 6.84. The van der Waals surface area contributed by atoms with Crippen LogP contribution in [0.25, 0.3) is 0 Å². The highest BCUT2D eigenvalue weighted by atomic mass is 14.2. The number of unbranched alkanes of at least 4 members (excludes halogenated alkanes) is 14. The molecule has 170 valence electrons. The molecule has 0 rings (SSSR count). The van der Waals surface area contributed by atoms with Crippen LogP contribution in [0.15, 0.2) is 0 Å². The van der Waals surface area contributed by atoms with Crippen LogP contribution in [-0.2, 0) is 0 Å². The van der Waals surface area contributed by atoms with Crippen LogP contribution in [0.2, 0.25) is 0 Å². The first-order chi connectivity index (χ1) is 13.8. The first-order valence-electron chi connectivity index (χ1n) is 13.8. The standard InChI is InChI=1S/C28H58/c1-5-9-11-13-15-17-19-21-25-27(23-7-3)28(24-8-4)26-22-20-18-16-14-12-10-6-2/h27-28H,5-26H2,1-4H3. The molecular weight excluding hydrogens is 336 g/mol. The first-order valence-corrected chi connectivity index (χ1v) is 13.8. The summed E-state index contributed by atoms with van der Waals surface area (Å²) in [5, 5.41) is 0. The Labute approximate surface area is 181 Å². The van der Waals surface area contributed by atoms with E-state index in [1.54, 1.807) is 0 Å².